The fourth-order valence-electron chi connectivity index (χ4n) is 4.30. The second-order valence-electron chi connectivity index (χ2n) is 7.58. The van der Waals surface area contributed by atoms with Gasteiger partial charge in [0.15, 0.2) is 0 Å². The third-order valence-corrected chi connectivity index (χ3v) is 5.99. The summed E-state index contributed by atoms with van der Waals surface area (Å²) in [5, 5.41) is 0. The molecule has 0 aromatic heterocycles. The second kappa shape index (κ2) is 6.71. The average Bonchev–Trinajstić information content (AvgIpc) is 2.85. The Balaban J connectivity index is 1.31. The zero-order valence-corrected chi connectivity index (χ0v) is 15.1. The number of allylic oxidation sites excluding steroid dienone is 2. The Morgan fingerprint density at radius 2 is 1.65 bits per heavy atom. The molecule has 2 unspecified atom stereocenters. The molecule has 136 valence electrons. The maximum atomic E-state index is 12.6. The minimum Gasteiger partial charge on any atom is -0.338 e. The van der Waals surface area contributed by atoms with E-state index in [0.29, 0.717) is 32.4 Å². The van der Waals surface area contributed by atoms with Crippen molar-refractivity contribution in [3.8, 4) is 0 Å². The largest absolute Gasteiger partial charge is 0.338 e. The summed E-state index contributed by atoms with van der Waals surface area (Å²) in [7, 11) is 0. The van der Waals surface area contributed by atoms with Gasteiger partial charge in [-0.2, -0.15) is 0 Å². The topological polar surface area (TPSA) is 57.7 Å². The van der Waals surface area contributed by atoms with Crippen LogP contribution in [0.2, 0.25) is 0 Å². The number of imide groups is 1. The van der Waals surface area contributed by atoms with Crippen LogP contribution in [0.5, 0.6) is 0 Å². The van der Waals surface area contributed by atoms with Crippen LogP contribution in [0, 0.1) is 18.8 Å². The SMILES string of the molecule is Cc1ccccc1CCC(=O)N1CC(N2C(=O)C3CC=CCC3C2=O)C1. The molecule has 1 aromatic carbocycles. The number of rotatable bonds is 4. The second-order valence-corrected chi connectivity index (χ2v) is 7.58. The smallest absolute Gasteiger partial charge is 0.233 e. The molecule has 3 aliphatic rings. The highest BCUT2D eigenvalue weighted by atomic mass is 16.2. The van der Waals surface area contributed by atoms with E-state index in [2.05, 4.69) is 19.1 Å². The third kappa shape index (κ3) is 2.85. The predicted octanol–water partition coefficient (Wildman–Crippen LogP) is 2.09. The molecule has 1 aromatic rings. The molecule has 2 atom stereocenters. The molecule has 2 fully saturated rings. The number of likely N-dealkylation sites (tertiary alicyclic amines) is 2. The van der Waals surface area contributed by atoms with Crippen molar-refractivity contribution >= 4 is 17.7 Å². The van der Waals surface area contributed by atoms with Gasteiger partial charge in [-0.25, -0.2) is 0 Å². The van der Waals surface area contributed by atoms with E-state index in [4.69, 9.17) is 0 Å². The fraction of sp³-hybridized carbons (Fsp3) is 0.476. The number of carbonyl (C=O) groups is 3. The zero-order valence-electron chi connectivity index (χ0n) is 15.1. The van der Waals surface area contributed by atoms with Gasteiger partial charge in [0.1, 0.15) is 0 Å². The molecule has 0 N–H and O–H groups in total. The highest BCUT2D eigenvalue weighted by Gasteiger charge is 2.52. The van der Waals surface area contributed by atoms with Gasteiger partial charge < -0.3 is 4.90 Å². The van der Waals surface area contributed by atoms with Crippen LogP contribution in [-0.2, 0) is 20.8 Å². The summed E-state index contributed by atoms with van der Waals surface area (Å²) in [4.78, 5) is 40.8. The third-order valence-electron chi connectivity index (χ3n) is 5.99. The Hall–Kier alpha value is -2.43. The molecule has 2 aliphatic heterocycles. The van der Waals surface area contributed by atoms with E-state index >= 15 is 0 Å². The Bertz CT molecular complexity index is 753. The molecule has 2 heterocycles. The molecule has 5 nitrogen and oxygen atoms in total. The van der Waals surface area contributed by atoms with E-state index in [1.807, 2.05) is 24.3 Å². The van der Waals surface area contributed by atoms with Crippen LogP contribution >= 0.6 is 0 Å². The van der Waals surface area contributed by atoms with Crippen molar-refractivity contribution in [3.63, 3.8) is 0 Å². The van der Waals surface area contributed by atoms with Crippen molar-refractivity contribution < 1.29 is 14.4 Å². The number of fused-ring (bicyclic) bond motifs is 1. The van der Waals surface area contributed by atoms with Crippen molar-refractivity contribution in [2.24, 2.45) is 11.8 Å². The Morgan fingerprint density at radius 3 is 2.27 bits per heavy atom. The van der Waals surface area contributed by atoms with E-state index in [1.54, 1.807) is 4.90 Å². The quantitative estimate of drug-likeness (QED) is 0.616. The van der Waals surface area contributed by atoms with E-state index in [9.17, 15) is 14.4 Å². The summed E-state index contributed by atoms with van der Waals surface area (Å²) in [5.41, 5.74) is 2.39. The van der Waals surface area contributed by atoms with E-state index < -0.39 is 0 Å². The molecule has 3 amide bonds. The van der Waals surface area contributed by atoms with E-state index in [-0.39, 0.29) is 35.6 Å². The Morgan fingerprint density at radius 1 is 1.04 bits per heavy atom. The average molecular weight is 352 g/mol. The summed E-state index contributed by atoms with van der Waals surface area (Å²) in [6.45, 7) is 3.02. The number of hydrogen-bond donors (Lipinski definition) is 0. The van der Waals surface area contributed by atoms with Crippen molar-refractivity contribution in [1.82, 2.24) is 9.80 Å². The molecule has 1 aliphatic carbocycles. The van der Waals surface area contributed by atoms with Gasteiger partial charge in [-0.05, 0) is 37.3 Å². The van der Waals surface area contributed by atoms with Crippen molar-refractivity contribution in [3.05, 3.63) is 47.5 Å². The van der Waals surface area contributed by atoms with Gasteiger partial charge in [0.05, 0.1) is 17.9 Å². The number of nitrogens with zero attached hydrogens (tertiary/aromatic N) is 2. The molecular formula is C21H24N2O3. The zero-order chi connectivity index (χ0) is 18.3. The molecule has 5 heteroatoms. The maximum absolute atomic E-state index is 12.6. The van der Waals surface area contributed by atoms with E-state index in [1.165, 1.54) is 16.0 Å². The first-order valence-electron chi connectivity index (χ1n) is 9.40. The van der Waals surface area contributed by atoms with Gasteiger partial charge in [0.25, 0.3) is 0 Å². The molecule has 0 bridgehead atoms. The molecule has 0 radical (unpaired) electrons. The summed E-state index contributed by atoms with van der Waals surface area (Å²) in [6.07, 6.45) is 6.52. The van der Waals surface area contributed by atoms with Gasteiger partial charge in [-0.1, -0.05) is 36.4 Å². The van der Waals surface area contributed by atoms with Crippen molar-refractivity contribution in [2.75, 3.05) is 13.1 Å². The molecule has 0 spiro atoms. The van der Waals surface area contributed by atoms with Crippen LogP contribution in [0.25, 0.3) is 0 Å². The first kappa shape index (κ1) is 17.0. The highest BCUT2D eigenvalue weighted by molar-refractivity contribution is 6.06. The first-order chi connectivity index (χ1) is 12.6. The molecule has 26 heavy (non-hydrogen) atoms. The normalized spacial score (nSPS) is 25.4. The van der Waals surface area contributed by atoms with Crippen LogP contribution in [0.1, 0.15) is 30.4 Å². The Kier molecular flexibility index (Phi) is 4.39. The van der Waals surface area contributed by atoms with Gasteiger partial charge in [0, 0.05) is 19.5 Å². The lowest BCUT2D eigenvalue weighted by Crippen LogP contribution is -2.62. The Labute approximate surface area is 153 Å². The van der Waals surface area contributed by atoms with Crippen LogP contribution in [0.15, 0.2) is 36.4 Å². The molecular weight excluding hydrogens is 328 g/mol. The molecule has 0 saturated carbocycles. The fourth-order valence-corrected chi connectivity index (χ4v) is 4.30. The standard InChI is InChI=1S/C21H24N2O3/c1-14-6-2-3-7-15(14)10-11-19(24)22-12-16(13-22)23-20(25)17-8-4-5-9-18(17)21(23)26/h2-7,16-18H,8-13H2,1H3. The van der Waals surface area contributed by atoms with Crippen molar-refractivity contribution in [2.45, 2.75) is 38.6 Å². The summed E-state index contributed by atoms with van der Waals surface area (Å²) < 4.78 is 0. The summed E-state index contributed by atoms with van der Waals surface area (Å²) in [5.74, 6) is -0.345. The van der Waals surface area contributed by atoms with Crippen molar-refractivity contribution in [1.29, 1.82) is 0 Å². The molecule has 4 rings (SSSR count). The van der Waals surface area contributed by atoms with Gasteiger partial charge in [0.2, 0.25) is 17.7 Å². The maximum Gasteiger partial charge on any atom is 0.233 e. The summed E-state index contributed by atoms with van der Waals surface area (Å²) in [6, 6.07) is 7.96. The monoisotopic (exact) mass is 352 g/mol. The first-order valence-corrected chi connectivity index (χ1v) is 9.40. The minimum absolute atomic E-state index is 0.0404. The van der Waals surface area contributed by atoms with Gasteiger partial charge >= 0.3 is 0 Å². The van der Waals surface area contributed by atoms with E-state index in [0.717, 1.165) is 6.42 Å². The molecule has 2 saturated heterocycles. The van der Waals surface area contributed by atoms with Gasteiger partial charge in [-0.3, -0.25) is 19.3 Å². The highest BCUT2D eigenvalue weighted by Crippen LogP contribution is 2.37. The number of benzene rings is 1. The minimum atomic E-state index is -0.182. The van der Waals surface area contributed by atoms with Gasteiger partial charge in [-0.15, -0.1) is 0 Å². The number of carbonyl (C=O) groups excluding carboxylic acids is 3. The van der Waals surface area contributed by atoms with Crippen LogP contribution in [0.4, 0.5) is 0 Å². The lowest BCUT2D eigenvalue weighted by Gasteiger charge is -2.43. The van der Waals surface area contributed by atoms with Crippen LogP contribution in [0.3, 0.4) is 0 Å². The lowest BCUT2D eigenvalue weighted by atomic mass is 9.85. The number of aryl methyl sites for hydroxylation is 2. The van der Waals surface area contributed by atoms with Crippen LogP contribution in [-0.4, -0.2) is 46.7 Å². The summed E-state index contributed by atoms with van der Waals surface area (Å²) >= 11 is 0. The number of amides is 3. The predicted molar refractivity (Wildman–Crippen MR) is 97.1 cm³/mol. The lowest BCUT2D eigenvalue weighted by molar-refractivity contribution is -0.152. The van der Waals surface area contributed by atoms with Crippen LogP contribution < -0.4 is 0 Å². The number of hydrogen-bond acceptors (Lipinski definition) is 3.